The molecule has 2 aromatic carbocycles. The molecule has 3 heterocycles. The minimum atomic E-state index is -4.44. The molecule has 1 aromatic heterocycles. The predicted octanol–water partition coefficient (Wildman–Crippen LogP) is 5.55. The van der Waals surface area contributed by atoms with Crippen LogP contribution in [-0.4, -0.2) is 75.6 Å². The van der Waals surface area contributed by atoms with Gasteiger partial charge in [-0.05, 0) is 94.8 Å². The topological polar surface area (TPSA) is 111 Å². The third kappa shape index (κ3) is 7.51. The molecule has 6 rings (SSSR count). The average Bonchev–Trinajstić information content (AvgIpc) is 3.35. The number of nitrogens with one attached hydrogen (secondary N) is 2. The van der Waals surface area contributed by atoms with Gasteiger partial charge in [-0.2, -0.15) is 13.2 Å². The average molecular weight is 674 g/mol. The molecule has 0 bridgehead atoms. The van der Waals surface area contributed by atoms with Crippen LogP contribution in [0, 0.1) is 17.3 Å². The Hall–Kier alpha value is -3.44. The van der Waals surface area contributed by atoms with Gasteiger partial charge < -0.3 is 29.6 Å². The molecule has 0 atom stereocenters. The largest absolute Gasteiger partial charge is 0.495 e. The van der Waals surface area contributed by atoms with Crippen molar-refractivity contribution in [1.29, 1.82) is 0 Å². The van der Waals surface area contributed by atoms with E-state index in [0.29, 0.717) is 28.0 Å². The number of methoxy groups -OCH3 is 1. The summed E-state index contributed by atoms with van der Waals surface area (Å²) in [6.45, 7) is 5.19. The molecule has 1 saturated carbocycles. The number of likely N-dealkylation sites (tertiary alicyclic amines) is 1. The van der Waals surface area contributed by atoms with Crippen LogP contribution in [-0.2, 0) is 21.3 Å². The smallest absolute Gasteiger partial charge is 0.406 e. The van der Waals surface area contributed by atoms with Crippen molar-refractivity contribution in [2.24, 2.45) is 10.6 Å². The summed E-state index contributed by atoms with van der Waals surface area (Å²) in [7, 11) is -2.52. The molecule has 1 spiro atoms. The molecule has 13 heteroatoms. The highest BCUT2D eigenvalue weighted by atomic mass is 32.2. The van der Waals surface area contributed by atoms with Gasteiger partial charge in [0.25, 0.3) is 0 Å². The first-order valence-corrected chi connectivity index (χ1v) is 17.5. The van der Waals surface area contributed by atoms with Crippen LogP contribution in [0.5, 0.6) is 5.75 Å². The van der Waals surface area contributed by atoms with E-state index in [1.54, 1.807) is 18.2 Å². The number of alkyl halides is 3. The van der Waals surface area contributed by atoms with Crippen molar-refractivity contribution < 1.29 is 31.1 Å². The van der Waals surface area contributed by atoms with Crippen molar-refractivity contribution in [2.75, 3.05) is 50.6 Å². The number of rotatable bonds is 8. The number of aromatic nitrogens is 1. The summed E-state index contributed by atoms with van der Waals surface area (Å²) in [5.74, 6) is 6.07. The Labute approximate surface area is 274 Å². The number of benzene rings is 2. The van der Waals surface area contributed by atoms with E-state index in [2.05, 4.69) is 34.3 Å². The molecular weight excluding hydrogens is 631 g/mol. The summed E-state index contributed by atoms with van der Waals surface area (Å²) in [4.78, 5) is 2.55. The van der Waals surface area contributed by atoms with Crippen LogP contribution in [0.4, 0.5) is 24.5 Å². The third-order valence-corrected chi connectivity index (χ3v) is 11.0. The van der Waals surface area contributed by atoms with Crippen molar-refractivity contribution in [3.63, 3.8) is 0 Å². The number of hydrogen-bond donors (Lipinski definition) is 3. The number of sulfonamides is 1. The normalized spacial score (nSPS) is 23.1. The lowest BCUT2D eigenvalue weighted by molar-refractivity contribution is -0.143. The maximum absolute atomic E-state index is 13.8. The number of nitrogens with zero attached hydrogens (tertiary/aromatic N) is 2. The van der Waals surface area contributed by atoms with Gasteiger partial charge in [0, 0.05) is 34.1 Å². The maximum atomic E-state index is 13.8. The van der Waals surface area contributed by atoms with Gasteiger partial charge in [-0.3, -0.25) is 0 Å². The van der Waals surface area contributed by atoms with E-state index in [0.717, 1.165) is 57.7 Å². The Kier molecular flexibility index (Phi) is 9.17. The second-order valence-electron chi connectivity index (χ2n) is 13.5. The minimum Gasteiger partial charge on any atom is -0.495 e. The van der Waals surface area contributed by atoms with E-state index < -0.39 is 22.7 Å². The van der Waals surface area contributed by atoms with Crippen LogP contribution >= 0.6 is 0 Å². The minimum absolute atomic E-state index is 0.0781. The van der Waals surface area contributed by atoms with Gasteiger partial charge in [0.1, 0.15) is 12.3 Å². The van der Waals surface area contributed by atoms with E-state index in [4.69, 9.17) is 14.6 Å². The summed E-state index contributed by atoms with van der Waals surface area (Å²) in [5, 5.41) is 12.7. The Balaban J connectivity index is 1.17. The van der Waals surface area contributed by atoms with E-state index in [-0.39, 0.29) is 28.4 Å². The molecule has 254 valence electrons. The first kappa shape index (κ1) is 33.5. The van der Waals surface area contributed by atoms with Crippen LogP contribution in [0.25, 0.3) is 10.9 Å². The summed E-state index contributed by atoms with van der Waals surface area (Å²) in [5.41, 5.74) is 2.22. The highest BCUT2D eigenvalue weighted by Crippen LogP contribution is 2.42. The van der Waals surface area contributed by atoms with Gasteiger partial charge in [0.15, 0.2) is 0 Å². The van der Waals surface area contributed by atoms with Crippen molar-refractivity contribution in [3.8, 4) is 17.6 Å². The Morgan fingerprint density at radius 3 is 2.40 bits per heavy atom. The summed E-state index contributed by atoms with van der Waals surface area (Å²) in [6, 6.07) is 11.8. The SMILES string of the molecule is COc1cc(S(N)(=O)=O)ccc1NCC#Cc1cc2c(NC3(C)CCC(N4CCC5(CC4)COC5)CC3)cccc2n1CC(F)(F)F. The predicted molar refractivity (Wildman–Crippen MR) is 176 cm³/mol. The number of piperidine rings is 1. The number of anilines is 2. The molecule has 47 heavy (non-hydrogen) atoms. The summed E-state index contributed by atoms with van der Waals surface area (Å²) < 4.78 is 76.6. The zero-order valence-electron chi connectivity index (χ0n) is 26.8. The van der Waals surface area contributed by atoms with Gasteiger partial charge in [-0.1, -0.05) is 12.0 Å². The number of ether oxygens (including phenoxy) is 2. The fourth-order valence-corrected chi connectivity index (χ4v) is 7.74. The van der Waals surface area contributed by atoms with Crippen LogP contribution in [0.1, 0.15) is 51.1 Å². The summed E-state index contributed by atoms with van der Waals surface area (Å²) in [6.07, 6.45) is 2.09. The Morgan fingerprint density at radius 2 is 1.79 bits per heavy atom. The number of halogens is 3. The molecule has 0 unspecified atom stereocenters. The van der Waals surface area contributed by atoms with Crippen LogP contribution in [0.2, 0.25) is 0 Å². The van der Waals surface area contributed by atoms with E-state index >= 15 is 0 Å². The molecule has 0 amide bonds. The fourth-order valence-electron chi connectivity index (χ4n) is 7.21. The standard InChI is InChI=1S/C34H42F3N5O4S/c1-32(12-10-24(11-13-32)41-17-14-33(15-18-41)22-46-23-33)40-28-6-3-7-30-27(28)19-25(42(30)21-34(35,36)37)5-4-16-39-29-9-8-26(47(38,43)44)20-31(29)45-2/h3,6-9,19-20,24,39-40H,10-18,21-23H2,1-2H3,(H2,38,43,44). The lowest BCUT2D eigenvalue weighted by Crippen LogP contribution is -2.54. The number of primary sulfonamides is 1. The molecule has 9 nitrogen and oxygen atoms in total. The van der Waals surface area contributed by atoms with Gasteiger partial charge in [0.2, 0.25) is 10.0 Å². The maximum Gasteiger partial charge on any atom is 0.406 e. The molecule has 1 aliphatic carbocycles. The Bertz CT molecular complexity index is 1770. The molecule has 3 aliphatic rings. The number of fused-ring (bicyclic) bond motifs is 1. The lowest BCUT2D eigenvalue weighted by atomic mass is 9.75. The van der Waals surface area contributed by atoms with E-state index in [9.17, 15) is 21.6 Å². The van der Waals surface area contributed by atoms with Crippen LogP contribution in [0.15, 0.2) is 47.4 Å². The molecule has 2 aliphatic heterocycles. The monoisotopic (exact) mass is 673 g/mol. The molecule has 4 N–H and O–H groups in total. The van der Waals surface area contributed by atoms with Crippen molar-refractivity contribution in [3.05, 3.63) is 48.2 Å². The Morgan fingerprint density at radius 1 is 1.06 bits per heavy atom. The number of nitrogens with two attached hydrogens (primary N) is 1. The second kappa shape index (κ2) is 12.9. The van der Waals surface area contributed by atoms with Gasteiger partial charge >= 0.3 is 6.18 Å². The molecule has 3 aromatic rings. The second-order valence-corrected chi connectivity index (χ2v) is 15.0. The molecular formula is C34H42F3N5O4S. The van der Waals surface area contributed by atoms with Gasteiger partial charge in [0.05, 0.1) is 48.7 Å². The first-order valence-electron chi connectivity index (χ1n) is 16.0. The zero-order valence-corrected chi connectivity index (χ0v) is 27.6. The highest BCUT2D eigenvalue weighted by Gasteiger charge is 2.43. The molecule has 2 saturated heterocycles. The first-order chi connectivity index (χ1) is 22.3. The van der Waals surface area contributed by atoms with E-state index in [1.165, 1.54) is 42.7 Å². The summed E-state index contributed by atoms with van der Waals surface area (Å²) >= 11 is 0. The number of hydrogen-bond acceptors (Lipinski definition) is 7. The third-order valence-electron chi connectivity index (χ3n) is 10.1. The lowest BCUT2D eigenvalue weighted by Gasteiger charge is -2.50. The van der Waals surface area contributed by atoms with E-state index in [1.807, 2.05) is 6.07 Å². The van der Waals surface area contributed by atoms with Crippen molar-refractivity contribution in [2.45, 2.75) is 74.6 Å². The molecule has 3 fully saturated rings. The zero-order chi connectivity index (χ0) is 33.5. The van der Waals surface area contributed by atoms with Gasteiger partial charge in [-0.15, -0.1) is 0 Å². The van der Waals surface area contributed by atoms with Crippen LogP contribution in [0.3, 0.4) is 0 Å². The van der Waals surface area contributed by atoms with Crippen molar-refractivity contribution in [1.82, 2.24) is 9.47 Å². The molecule has 0 radical (unpaired) electrons. The van der Waals surface area contributed by atoms with Gasteiger partial charge in [-0.25, -0.2) is 13.6 Å². The quantitative estimate of drug-likeness (QED) is 0.269. The van der Waals surface area contributed by atoms with Crippen LogP contribution < -0.4 is 20.5 Å². The fraction of sp³-hybridized carbons (Fsp3) is 0.529. The highest BCUT2D eigenvalue weighted by molar-refractivity contribution is 7.89. The van der Waals surface area contributed by atoms with Crippen molar-refractivity contribution >= 4 is 32.3 Å².